The maximum absolute atomic E-state index is 13.8. The molecule has 1 aliphatic rings. The highest BCUT2D eigenvalue weighted by atomic mass is 19.1. The van der Waals surface area contributed by atoms with Crippen molar-refractivity contribution in [3.05, 3.63) is 121 Å². The van der Waals surface area contributed by atoms with Crippen molar-refractivity contribution in [1.29, 1.82) is 0 Å². The number of halogens is 1. The van der Waals surface area contributed by atoms with Crippen molar-refractivity contribution in [3.63, 3.8) is 0 Å². The van der Waals surface area contributed by atoms with Gasteiger partial charge >= 0.3 is 11.7 Å². The number of nitro groups is 2. The molecule has 5 rings (SSSR count). The molecule has 1 N–H and O–H groups in total. The number of carbonyl (C=O) groups excluding carboxylic acids is 3. The van der Waals surface area contributed by atoms with Crippen LogP contribution in [0.1, 0.15) is 17.0 Å². The fourth-order valence-corrected chi connectivity index (χ4v) is 4.63. The summed E-state index contributed by atoms with van der Waals surface area (Å²) in [6, 6.07) is 15.1. The zero-order chi connectivity index (χ0) is 31.0. The Bertz CT molecular complexity index is 1880. The van der Waals surface area contributed by atoms with Crippen LogP contribution in [0.3, 0.4) is 0 Å². The van der Waals surface area contributed by atoms with Crippen LogP contribution in [0.2, 0.25) is 0 Å². The van der Waals surface area contributed by atoms with Gasteiger partial charge in [-0.25, -0.2) is 14.1 Å². The van der Waals surface area contributed by atoms with Crippen LogP contribution >= 0.6 is 0 Å². The van der Waals surface area contributed by atoms with Gasteiger partial charge in [-0.1, -0.05) is 6.07 Å². The van der Waals surface area contributed by atoms with Crippen LogP contribution in [0.15, 0.2) is 78.4 Å². The maximum atomic E-state index is 13.8. The molecule has 216 valence electrons. The summed E-state index contributed by atoms with van der Waals surface area (Å²) >= 11 is 0. The number of anilines is 1. The molecular formula is C29H20FN5O8. The van der Waals surface area contributed by atoms with Gasteiger partial charge in [-0.15, -0.1) is 0 Å². The Morgan fingerprint density at radius 2 is 1.60 bits per heavy atom. The number of urea groups is 1. The summed E-state index contributed by atoms with van der Waals surface area (Å²) in [7, 11) is 0. The van der Waals surface area contributed by atoms with Crippen LogP contribution in [0.5, 0.6) is 11.5 Å². The number of barbiturate groups is 1. The molecule has 4 aromatic rings. The molecule has 1 saturated heterocycles. The van der Waals surface area contributed by atoms with Gasteiger partial charge < -0.3 is 9.30 Å². The molecule has 43 heavy (non-hydrogen) atoms. The Hall–Kier alpha value is -6.18. The van der Waals surface area contributed by atoms with Gasteiger partial charge in [-0.2, -0.15) is 0 Å². The topological polar surface area (TPSA) is 167 Å². The summed E-state index contributed by atoms with van der Waals surface area (Å²) in [5, 5.41) is 24.5. The normalized spacial score (nSPS) is 14.2. The van der Waals surface area contributed by atoms with Gasteiger partial charge in [0.2, 0.25) is 5.75 Å². The lowest BCUT2D eigenvalue weighted by Crippen LogP contribution is -2.54. The number of imide groups is 2. The summed E-state index contributed by atoms with van der Waals surface area (Å²) in [4.78, 5) is 59.8. The lowest BCUT2D eigenvalue weighted by Gasteiger charge is -2.26. The number of rotatable bonds is 7. The first kappa shape index (κ1) is 28.4. The fourth-order valence-electron chi connectivity index (χ4n) is 4.63. The van der Waals surface area contributed by atoms with Crippen molar-refractivity contribution in [2.24, 2.45) is 0 Å². The monoisotopic (exact) mass is 585 g/mol. The Balaban J connectivity index is 1.43. The molecule has 0 atom stereocenters. The molecule has 2 heterocycles. The number of hydrogen-bond acceptors (Lipinski definition) is 8. The quantitative estimate of drug-likeness (QED) is 0.128. The number of amides is 4. The number of ether oxygens (including phenoxy) is 1. The van der Waals surface area contributed by atoms with Crippen LogP contribution in [0.25, 0.3) is 11.8 Å². The summed E-state index contributed by atoms with van der Waals surface area (Å²) in [6.07, 6.45) is 1.35. The summed E-state index contributed by atoms with van der Waals surface area (Å²) < 4.78 is 21.2. The average molecular weight is 586 g/mol. The third kappa shape index (κ3) is 5.44. The molecule has 0 unspecified atom stereocenters. The van der Waals surface area contributed by atoms with Crippen LogP contribution in [-0.4, -0.2) is 32.3 Å². The Morgan fingerprint density at radius 3 is 2.26 bits per heavy atom. The minimum atomic E-state index is -0.996. The van der Waals surface area contributed by atoms with E-state index in [0.29, 0.717) is 21.8 Å². The molecule has 3 aromatic carbocycles. The number of carbonyl (C=O) groups is 3. The smallest absolute Gasteiger partial charge is 0.335 e. The van der Waals surface area contributed by atoms with Crippen LogP contribution < -0.4 is 15.0 Å². The van der Waals surface area contributed by atoms with E-state index in [9.17, 15) is 39.0 Å². The second-order valence-corrected chi connectivity index (χ2v) is 9.36. The molecule has 13 nitrogen and oxygen atoms in total. The number of aryl methyl sites for hydroxylation is 1. The minimum absolute atomic E-state index is 0.0345. The van der Waals surface area contributed by atoms with Crippen molar-refractivity contribution < 1.29 is 33.4 Å². The predicted molar refractivity (Wildman–Crippen MR) is 150 cm³/mol. The van der Waals surface area contributed by atoms with E-state index in [1.807, 2.05) is 4.57 Å². The Labute approximate surface area is 241 Å². The maximum Gasteiger partial charge on any atom is 0.335 e. The van der Waals surface area contributed by atoms with Crippen LogP contribution in [0.4, 0.5) is 26.2 Å². The Kier molecular flexibility index (Phi) is 7.26. The van der Waals surface area contributed by atoms with Crippen molar-refractivity contribution in [3.8, 4) is 17.2 Å². The lowest BCUT2D eigenvalue weighted by molar-refractivity contribution is -0.394. The number of aromatic nitrogens is 1. The fraction of sp³-hybridized carbons (Fsp3) is 0.0690. The second kappa shape index (κ2) is 11.0. The number of nitro benzene ring substituents is 2. The first-order valence-corrected chi connectivity index (χ1v) is 12.5. The summed E-state index contributed by atoms with van der Waals surface area (Å²) in [5.41, 5.74) is 1.16. The molecular weight excluding hydrogens is 565 g/mol. The second-order valence-electron chi connectivity index (χ2n) is 9.36. The van der Waals surface area contributed by atoms with Gasteiger partial charge in [0.1, 0.15) is 17.1 Å². The number of non-ortho nitro benzene ring substituents is 1. The number of hydrogen-bond donors (Lipinski definition) is 1. The number of nitrogens with zero attached hydrogens (tertiary/aromatic N) is 4. The van der Waals surface area contributed by atoms with E-state index in [2.05, 4.69) is 5.32 Å². The van der Waals surface area contributed by atoms with E-state index >= 15 is 0 Å². The van der Waals surface area contributed by atoms with Gasteiger partial charge in [0.25, 0.3) is 17.5 Å². The minimum Gasteiger partial charge on any atom is -0.450 e. The van der Waals surface area contributed by atoms with E-state index in [4.69, 9.17) is 4.74 Å². The zero-order valence-corrected chi connectivity index (χ0v) is 22.4. The average Bonchev–Trinajstić information content (AvgIpc) is 3.23. The van der Waals surface area contributed by atoms with Gasteiger partial charge in [0, 0.05) is 23.1 Å². The molecule has 0 aliphatic carbocycles. The van der Waals surface area contributed by atoms with Crippen molar-refractivity contribution in [2.75, 3.05) is 4.90 Å². The number of nitrogens with one attached hydrogen (secondary N) is 1. The standard InChI is InChI=1S/C29H20FN5O8/c1-16-12-18(13-24-27(36)31-29(38)33(28(24)37)21-5-3-4-19(30)14-21)17(2)32(16)20-6-9-23(10-7-20)43-26-11-8-22(34(39)40)15-25(26)35(41)42/h3-15H,1-2H3,(H,31,36,38)/b24-13+. The van der Waals surface area contributed by atoms with Crippen LogP contribution in [-0.2, 0) is 9.59 Å². The highest BCUT2D eigenvalue weighted by Gasteiger charge is 2.37. The summed E-state index contributed by atoms with van der Waals surface area (Å²) in [6.45, 7) is 3.55. The third-order valence-electron chi connectivity index (χ3n) is 6.61. The molecule has 4 amide bonds. The van der Waals surface area contributed by atoms with Gasteiger partial charge in [0.15, 0.2) is 0 Å². The Morgan fingerprint density at radius 1 is 0.884 bits per heavy atom. The van der Waals surface area contributed by atoms with Crippen molar-refractivity contribution in [1.82, 2.24) is 9.88 Å². The first-order valence-electron chi connectivity index (χ1n) is 12.5. The SMILES string of the molecule is Cc1cc(/C=C2\C(=O)NC(=O)N(c3cccc(F)c3)C2=O)c(C)n1-c1ccc(Oc2ccc([N+](=O)[O-])cc2[N+](=O)[O-])cc1. The molecule has 1 aromatic heterocycles. The van der Waals surface area contributed by atoms with E-state index in [-0.39, 0.29) is 22.8 Å². The van der Waals surface area contributed by atoms with E-state index < -0.39 is 44.9 Å². The van der Waals surface area contributed by atoms with Crippen molar-refractivity contribution >= 4 is 41.0 Å². The molecule has 0 spiro atoms. The zero-order valence-electron chi connectivity index (χ0n) is 22.4. The van der Waals surface area contributed by atoms with Gasteiger partial charge in [-0.05, 0) is 80.1 Å². The van der Waals surface area contributed by atoms with Gasteiger partial charge in [-0.3, -0.25) is 35.1 Å². The molecule has 0 bridgehead atoms. The largest absolute Gasteiger partial charge is 0.450 e. The van der Waals surface area contributed by atoms with Crippen molar-refractivity contribution in [2.45, 2.75) is 13.8 Å². The molecule has 0 radical (unpaired) electrons. The van der Waals surface area contributed by atoms with E-state index in [0.717, 1.165) is 36.0 Å². The molecule has 0 saturated carbocycles. The molecule has 1 fully saturated rings. The molecule has 1 aliphatic heterocycles. The summed E-state index contributed by atoms with van der Waals surface area (Å²) in [5.74, 6) is -2.41. The van der Waals surface area contributed by atoms with Crippen LogP contribution in [0, 0.1) is 39.9 Å². The highest BCUT2D eigenvalue weighted by Crippen LogP contribution is 2.35. The lowest BCUT2D eigenvalue weighted by atomic mass is 10.1. The first-order chi connectivity index (χ1) is 20.4. The number of benzene rings is 3. The third-order valence-corrected chi connectivity index (χ3v) is 6.61. The highest BCUT2D eigenvalue weighted by molar-refractivity contribution is 6.39. The van der Waals surface area contributed by atoms with Gasteiger partial charge in [0.05, 0.1) is 21.6 Å². The van der Waals surface area contributed by atoms with E-state index in [1.54, 1.807) is 44.2 Å². The predicted octanol–water partition coefficient (Wildman–Crippen LogP) is 5.51. The molecule has 14 heteroatoms. The van der Waals surface area contributed by atoms with E-state index in [1.165, 1.54) is 18.2 Å².